The van der Waals surface area contributed by atoms with E-state index in [2.05, 4.69) is 25.2 Å². The highest BCUT2D eigenvalue weighted by Gasteiger charge is 2.08. The summed E-state index contributed by atoms with van der Waals surface area (Å²) in [5.74, 6) is 0.349. The van der Waals surface area contributed by atoms with Crippen LogP contribution in [0.1, 0.15) is 0 Å². The summed E-state index contributed by atoms with van der Waals surface area (Å²) in [7, 11) is -3.36. The third-order valence-corrected chi connectivity index (χ3v) is 2.26. The van der Waals surface area contributed by atoms with Gasteiger partial charge in [0.25, 0.3) is 0 Å². The maximum absolute atomic E-state index is 10.9. The van der Waals surface area contributed by atoms with Crippen molar-refractivity contribution in [1.29, 1.82) is 0 Å². The van der Waals surface area contributed by atoms with Crippen LogP contribution in [0.5, 0.6) is 0 Å². The average Bonchev–Trinajstić information content (AvgIpc) is 2.60. The van der Waals surface area contributed by atoms with E-state index in [1.807, 2.05) is 0 Å². The zero-order chi connectivity index (χ0) is 11.8. The van der Waals surface area contributed by atoms with Crippen molar-refractivity contribution in [2.24, 2.45) is 0 Å². The molecule has 0 aliphatic rings. The van der Waals surface area contributed by atoms with Crippen molar-refractivity contribution in [3.8, 4) is 0 Å². The lowest BCUT2D eigenvalue weighted by molar-refractivity contribution is 0.593. The molecular formula is C7H10N6O2S. The van der Waals surface area contributed by atoms with E-state index >= 15 is 0 Å². The monoisotopic (exact) mass is 242 g/mol. The number of hydrogen-bond donors (Lipinski definition) is 4. The Morgan fingerprint density at radius 1 is 1.44 bits per heavy atom. The molecule has 0 bridgehead atoms. The van der Waals surface area contributed by atoms with Crippen LogP contribution in [0.15, 0.2) is 12.3 Å². The third kappa shape index (κ3) is 2.20. The molecule has 0 amide bonds. The predicted octanol–water partition coefficient (Wildman–Crippen LogP) is -0.584. The van der Waals surface area contributed by atoms with Crippen molar-refractivity contribution < 1.29 is 8.42 Å². The highest BCUT2D eigenvalue weighted by molar-refractivity contribution is 7.88. The molecule has 2 rings (SSSR count). The zero-order valence-corrected chi connectivity index (χ0v) is 9.17. The van der Waals surface area contributed by atoms with Crippen molar-refractivity contribution in [2.45, 2.75) is 0 Å². The Kier molecular flexibility index (Phi) is 2.40. The second-order valence-corrected chi connectivity index (χ2v) is 4.92. The van der Waals surface area contributed by atoms with E-state index in [-0.39, 0.29) is 5.95 Å². The van der Waals surface area contributed by atoms with Crippen LogP contribution < -0.4 is 16.0 Å². The van der Waals surface area contributed by atoms with Crippen LogP contribution in [0.3, 0.4) is 0 Å². The van der Waals surface area contributed by atoms with Crippen LogP contribution in [0.4, 0.5) is 11.8 Å². The van der Waals surface area contributed by atoms with Crippen LogP contribution in [-0.2, 0) is 10.0 Å². The van der Waals surface area contributed by atoms with Gasteiger partial charge in [-0.05, 0) is 6.07 Å². The van der Waals surface area contributed by atoms with Crippen LogP contribution >= 0.6 is 0 Å². The first kappa shape index (κ1) is 10.6. The van der Waals surface area contributed by atoms with E-state index in [9.17, 15) is 8.42 Å². The average molecular weight is 242 g/mol. The molecule has 0 saturated carbocycles. The van der Waals surface area contributed by atoms with Gasteiger partial charge in [0.2, 0.25) is 16.0 Å². The largest absolute Gasteiger partial charge is 0.368 e. The van der Waals surface area contributed by atoms with E-state index < -0.39 is 10.0 Å². The predicted molar refractivity (Wildman–Crippen MR) is 59.9 cm³/mol. The molecule has 0 aliphatic carbocycles. The topological polar surface area (TPSA) is 126 Å². The van der Waals surface area contributed by atoms with Crippen molar-refractivity contribution >= 4 is 32.8 Å². The lowest BCUT2D eigenvalue weighted by Gasteiger charge is -2.06. The minimum absolute atomic E-state index is 0.0488. The Morgan fingerprint density at radius 2 is 2.19 bits per heavy atom. The van der Waals surface area contributed by atoms with Gasteiger partial charge in [0.05, 0.1) is 11.6 Å². The van der Waals surface area contributed by atoms with Crippen LogP contribution in [0.25, 0.3) is 11.0 Å². The molecule has 0 spiro atoms. The third-order valence-electron chi connectivity index (χ3n) is 1.79. The molecule has 0 radical (unpaired) electrons. The van der Waals surface area contributed by atoms with E-state index in [0.29, 0.717) is 16.9 Å². The molecule has 8 nitrogen and oxygen atoms in total. The summed E-state index contributed by atoms with van der Waals surface area (Å²) < 4.78 is 21.8. The quantitative estimate of drug-likeness (QED) is 0.533. The van der Waals surface area contributed by atoms with Crippen LogP contribution in [-0.4, -0.2) is 29.6 Å². The van der Waals surface area contributed by atoms with Crippen LogP contribution in [0.2, 0.25) is 0 Å². The Balaban J connectivity index is 2.39. The molecule has 16 heavy (non-hydrogen) atoms. The maximum atomic E-state index is 10.9. The maximum Gasteiger partial charge on any atom is 0.225 e. The number of aromatic nitrogens is 3. The van der Waals surface area contributed by atoms with E-state index in [4.69, 9.17) is 5.73 Å². The minimum atomic E-state index is -3.36. The van der Waals surface area contributed by atoms with Crippen molar-refractivity contribution in [1.82, 2.24) is 19.8 Å². The summed E-state index contributed by atoms with van der Waals surface area (Å²) >= 11 is 0. The number of fused-ring (bicyclic) bond motifs is 1. The number of nitrogens with zero attached hydrogens (tertiary/aromatic N) is 2. The summed E-state index contributed by atoms with van der Waals surface area (Å²) in [6, 6.07) is 1.71. The van der Waals surface area contributed by atoms with Gasteiger partial charge in [-0.25, -0.2) is 8.42 Å². The fraction of sp³-hybridized carbons (Fsp3) is 0.143. The highest BCUT2D eigenvalue weighted by atomic mass is 32.2. The molecule has 9 heteroatoms. The summed E-state index contributed by atoms with van der Waals surface area (Å²) in [4.78, 5) is 12.8. The fourth-order valence-corrected chi connectivity index (χ4v) is 1.48. The molecule has 0 aliphatic heterocycles. The van der Waals surface area contributed by atoms with Crippen molar-refractivity contribution in [3.05, 3.63) is 12.3 Å². The molecule has 86 valence electrons. The van der Waals surface area contributed by atoms with E-state index in [1.54, 1.807) is 12.3 Å². The summed E-state index contributed by atoms with van der Waals surface area (Å²) in [5, 5.41) is 0.644. The zero-order valence-electron chi connectivity index (χ0n) is 8.35. The SMILES string of the molecule is CS(=O)(=O)NNc1nc(N)nc2[nH]ccc12. The first-order valence-electron chi connectivity index (χ1n) is 4.29. The standard InChI is InChI=1S/C7H10N6O2S/c1-16(14,15)13-12-6-4-2-3-9-5(4)10-7(8)11-6/h2-3,13H,1H3,(H4,8,9,10,11,12). The summed E-state index contributed by atoms with van der Waals surface area (Å²) in [6.07, 6.45) is 2.68. The second kappa shape index (κ2) is 3.61. The van der Waals surface area contributed by atoms with Gasteiger partial charge in [-0.2, -0.15) is 9.97 Å². The normalized spacial score (nSPS) is 11.8. The molecule has 0 saturated heterocycles. The Morgan fingerprint density at radius 3 is 2.88 bits per heavy atom. The minimum Gasteiger partial charge on any atom is -0.368 e. The van der Waals surface area contributed by atoms with Gasteiger partial charge in [0.1, 0.15) is 5.65 Å². The number of sulfonamides is 1. The number of rotatable bonds is 3. The number of hydrogen-bond acceptors (Lipinski definition) is 6. The number of H-pyrrole nitrogens is 1. The number of aromatic amines is 1. The van der Waals surface area contributed by atoms with Crippen molar-refractivity contribution in [2.75, 3.05) is 17.4 Å². The van der Waals surface area contributed by atoms with Gasteiger partial charge < -0.3 is 10.7 Å². The molecule has 2 aromatic heterocycles. The molecular weight excluding hydrogens is 232 g/mol. The molecule has 5 N–H and O–H groups in total. The Hall–Kier alpha value is -1.87. The fourth-order valence-electron chi connectivity index (χ4n) is 1.19. The van der Waals surface area contributed by atoms with Gasteiger partial charge in [0.15, 0.2) is 5.82 Å². The van der Waals surface area contributed by atoms with Gasteiger partial charge in [0, 0.05) is 6.20 Å². The van der Waals surface area contributed by atoms with Gasteiger partial charge in [-0.3, -0.25) is 5.43 Å². The first-order chi connectivity index (χ1) is 7.46. The molecule has 0 aromatic carbocycles. The summed E-state index contributed by atoms with van der Waals surface area (Å²) in [5.41, 5.74) is 8.46. The smallest absolute Gasteiger partial charge is 0.225 e. The van der Waals surface area contributed by atoms with Crippen molar-refractivity contribution in [3.63, 3.8) is 0 Å². The Labute approximate surface area is 91.3 Å². The summed E-state index contributed by atoms with van der Waals surface area (Å²) in [6.45, 7) is 0. The number of nitrogens with two attached hydrogens (primary N) is 1. The highest BCUT2D eigenvalue weighted by Crippen LogP contribution is 2.18. The number of hydrazine groups is 1. The molecule has 0 fully saturated rings. The lowest BCUT2D eigenvalue weighted by atomic mass is 10.4. The van der Waals surface area contributed by atoms with Crippen LogP contribution in [0, 0.1) is 0 Å². The molecule has 2 heterocycles. The van der Waals surface area contributed by atoms with E-state index in [1.165, 1.54) is 0 Å². The number of anilines is 2. The van der Waals surface area contributed by atoms with Gasteiger partial charge in [-0.15, -0.1) is 4.83 Å². The van der Waals surface area contributed by atoms with Gasteiger partial charge >= 0.3 is 0 Å². The number of nitrogens with one attached hydrogen (secondary N) is 3. The molecule has 0 unspecified atom stereocenters. The van der Waals surface area contributed by atoms with Gasteiger partial charge in [-0.1, -0.05) is 0 Å². The number of nitrogen functional groups attached to an aromatic ring is 1. The molecule has 2 aromatic rings. The Bertz CT molecular complexity index is 619. The van der Waals surface area contributed by atoms with E-state index in [0.717, 1.165) is 6.26 Å². The first-order valence-corrected chi connectivity index (χ1v) is 6.18. The lowest BCUT2D eigenvalue weighted by Crippen LogP contribution is -2.28. The molecule has 0 atom stereocenters. The second-order valence-electron chi connectivity index (χ2n) is 3.17.